The zero-order valence-corrected chi connectivity index (χ0v) is 23.7. The Morgan fingerprint density at radius 2 is 1.67 bits per heavy atom. The number of β-amino-alcohol motifs (C(OH)–C–C–N with tert-alkyl or cyclic N) is 1. The van der Waals surface area contributed by atoms with Gasteiger partial charge in [0, 0.05) is 22.9 Å². The number of aliphatic hydroxyl groups excluding tert-OH is 1. The van der Waals surface area contributed by atoms with Crippen molar-refractivity contribution in [3.8, 4) is 0 Å². The minimum absolute atomic E-state index is 0.0173. The number of nitrogens with zero attached hydrogens (tertiary/aromatic N) is 2. The van der Waals surface area contributed by atoms with Gasteiger partial charge in [0.25, 0.3) is 10.9 Å². The third-order valence-electron chi connectivity index (χ3n) is 6.87. The van der Waals surface area contributed by atoms with Crippen LogP contribution in [0.2, 0.25) is 0 Å². The van der Waals surface area contributed by atoms with Crippen LogP contribution in [-0.4, -0.2) is 31.2 Å². The van der Waals surface area contributed by atoms with E-state index >= 15 is 0 Å². The molecule has 6 nitrogen and oxygen atoms in total. The average molecular weight is 576 g/mol. The summed E-state index contributed by atoms with van der Waals surface area (Å²) in [7, 11) is -4.28. The molecule has 0 bridgehead atoms. The number of thioether (sulfide) groups is 1. The van der Waals surface area contributed by atoms with Gasteiger partial charge >= 0.3 is 10.1 Å². The number of hydrogen-bond donors (Lipinski definition) is 2. The zero-order valence-electron chi connectivity index (χ0n) is 21.2. The van der Waals surface area contributed by atoms with Crippen LogP contribution in [0.15, 0.2) is 94.4 Å². The predicted molar refractivity (Wildman–Crippen MR) is 162 cm³/mol. The van der Waals surface area contributed by atoms with E-state index in [0.29, 0.717) is 6.54 Å². The number of benzene rings is 4. The van der Waals surface area contributed by atoms with Crippen molar-refractivity contribution in [3.63, 3.8) is 0 Å². The third kappa shape index (κ3) is 4.97. The quantitative estimate of drug-likeness (QED) is 0.169. The highest BCUT2D eigenvalue weighted by Gasteiger charge is 2.29. The maximum atomic E-state index is 12.1. The van der Waals surface area contributed by atoms with Crippen molar-refractivity contribution in [1.29, 1.82) is 0 Å². The van der Waals surface area contributed by atoms with Crippen molar-refractivity contribution in [1.82, 2.24) is 0 Å². The number of aromatic nitrogens is 1. The molecular formula is C30H27N2O4S3+. The van der Waals surface area contributed by atoms with Gasteiger partial charge in [0.2, 0.25) is 5.52 Å². The van der Waals surface area contributed by atoms with Gasteiger partial charge in [0.1, 0.15) is 4.70 Å². The lowest BCUT2D eigenvalue weighted by atomic mass is 10.1. The molecule has 0 atom stereocenters. The summed E-state index contributed by atoms with van der Waals surface area (Å²) >= 11 is 3.17. The Hall–Kier alpha value is -3.21. The van der Waals surface area contributed by atoms with Crippen LogP contribution in [0.25, 0.3) is 37.8 Å². The fourth-order valence-electron chi connectivity index (χ4n) is 5.14. The Bertz CT molecular complexity index is 1910. The summed E-state index contributed by atoms with van der Waals surface area (Å²) in [5.41, 5.74) is 2.90. The summed E-state index contributed by atoms with van der Waals surface area (Å²) in [5, 5.41) is 15.9. The largest absolute Gasteiger partial charge is 0.395 e. The first-order chi connectivity index (χ1) is 18.9. The van der Waals surface area contributed by atoms with Crippen LogP contribution in [0.5, 0.6) is 0 Å². The number of hydrogen-bond acceptors (Lipinski definition) is 6. The molecule has 1 aliphatic rings. The Balaban J connectivity index is 1.50. The highest BCUT2D eigenvalue weighted by Crippen LogP contribution is 2.49. The summed E-state index contributed by atoms with van der Waals surface area (Å²) in [5.74, 6) is -0.525. The highest BCUT2D eigenvalue weighted by molar-refractivity contribution is 8.03. The molecule has 0 fully saturated rings. The molecule has 1 aliphatic heterocycles. The molecule has 4 aromatic carbocycles. The van der Waals surface area contributed by atoms with E-state index in [9.17, 15) is 18.1 Å². The second-order valence-electron chi connectivity index (χ2n) is 9.38. The first kappa shape index (κ1) is 26.0. The topological polar surface area (TPSA) is 81.7 Å². The summed E-state index contributed by atoms with van der Waals surface area (Å²) < 4.78 is 36.7. The van der Waals surface area contributed by atoms with E-state index in [1.807, 2.05) is 54.6 Å². The van der Waals surface area contributed by atoms with E-state index in [4.69, 9.17) is 0 Å². The van der Waals surface area contributed by atoms with Crippen molar-refractivity contribution < 1.29 is 22.6 Å². The fraction of sp³-hybridized carbons (Fsp3) is 0.167. The molecule has 0 saturated heterocycles. The number of allylic oxidation sites excluding steroid dienone is 2. The minimum atomic E-state index is -4.28. The maximum absolute atomic E-state index is 12.1. The fourth-order valence-corrected chi connectivity index (χ4v) is 8.15. The number of fused-ring (bicyclic) bond motifs is 6. The second kappa shape index (κ2) is 10.4. The van der Waals surface area contributed by atoms with Gasteiger partial charge in [-0.3, -0.25) is 4.55 Å². The molecular weight excluding hydrogens is 549 g/mol. The number of anilines is 1. The molecule has 198 valence electrons. The van der Waals surface area contributed by atoms with E-state index in [1.54, 1.807) is 16.3 Å². The molecule has 1 aromatic heterocycles. The summed E-state index contributed by atoms with van der Waals surface area (Å²) in [4.78, 5) is 3.30. The highest BCUT2D eigenvalue weighted by atomic mass is 32.2. The standard InChI is InChI=1S/C30H26N2O4S3/c1-2-20(17-27-31(15-16-33)29-23-9-5-3-7-21(23)11-13-25(29)37-27)18-28-32(19-39(34,35)36)30-24-10-6-4-8-22(24)12-14-26(30)38-28/h3-14,17-18,33H,2,15-16,19H2,1H3/p+1. The van der Waals surface area contributed by atoms with Gasteiger partial charge in [-0.2, -0.15) is 13.0 Å². The molecule has 0 radical (unpaired) electrons. The Morgan fingerprint density at radius 1 is 0.974 bits per heavy atom. The lowest BCUT2D eigenvalue weighted by molar-refractivity contribution is -0.648. The zero-order chi connectivity index (χ0) is 27.1. The van der Waals surface area contributed by atoms with E-state index in [-0.39, 0.29) is 6.61 Å². The first-order valence-electron chi connectivity index (χ1n) is 12.7. The predicted octanol–water partition coefficient (Wildman–Crippen LogP) is 6.58. The van der Waals surface area contributed by atoms with Crippen molar-refractivity contribution in [2.24, 2.45) is 0 Å². The number of rotatable bonds is 7. The molecule has 0 unspecified atom stereocenters. The minimum Gasteiger partial charge on any atom is -0.395 e. The van der Waals surface area contributed by atoms with Crippen molar-refractivity contribution in [2.75, 3.05) is 18.1 Å². The van der Waals surface area contributed by atoms with E-state index < -0.39 is 16.0 Å². The van der Waals surface area contributed by atoms with E-state index in [0.717, 1.165) is 64.4 Å². The molecule has 0 amide bonds. The van der Waals surface area contributed by atoms with Crippen molar-refractivity contribution in [2.45, 2.75) is 24.1 Å². The Kier molecular flexibility index (Phi) is 6.95. The molecule has 9 heteroatoms. The van der Waals surface area contributed by atoms with Gasteiger partial charge in [-0.05, 0) is 47.0 Å². The summed E-state index contributed by atoms with van der Waals surface area (Å²) in [6.45, 7) is 2.55. The molecule has 2 N–H and O–H groups in total. The van der Waals surface area contributed by atoms with Crippen LogP contribution < -0.4 is 9.47 Å². The molecule has 5 aromatic rings. The molecule has 0 aliphatic carbocycles. The lowest BCUT2D eigenvalue weighted by Crippen LogP contribution is -2.39. The van der Waals surface area contributed by atoms with Gasteiger partial charge < -0.3 is 10.0 Å². The molecule has 39 heavy (non-hydrogen) atoms. The molecule has 6 rings (SSSR count). The van der Waals surface area contributed by atoms with Gasteiger partial charge in [-0.25, -0.2) is 0 Å². The normalized spacial score (nSPS) is 15.2. The van der Waals surface area contributed by atoms with Gasteiger partial charge in [-0.1, -0.05) is 84.6 Å². The van der Waals surface area contributed by atoms with Crippen LogP contribution in [0.1, 0.15) is 18.4 Å². The Labute approximate surface area is 235 Å². The maximum Gasteiger partial charge on any atom is 0.326 e. The third-order valence-corrected chi connectivity index (χ3v) is 9.65. The first-order valence-corrected chi connectivity index (χ1v) is 15.9. The van der Waals surface area contributed by atoms with Crippen LogP contribution in [-0.2, 0) is 16.0 Å². The molecule has 0 spiro atoms. The molecule has 2 heterocycles. The van der Waals surface area contributed by atoms with Gasteiger partial charge in [0.15, 0.2) is 0 Å². The number of aliphatic hydroxyl groups is 1. The van der Waals surface area contributed by atoms with Gasteiger partial charge in [-0.15, -0.1) is 0 Å². The SMILES string of the molecule is CCC(=C/c1sc2ccc3ccccc3c2[n+]1CS(=O)(=O)O)/C=C1/Sc2ccc3ccccc3c2N1CCO. The van der Waals surface area contributed by atoms with Crippen LogP contribution in [0.3, 0.4) is 0 Å². The average Bonchev–Trinajstić information content (AvgIpc) is 3.45. The van der Waals surface area contributed by atoms with Crippen molar-refractivity contribution in [3.05, 3.63) is 94.5 Å². The van der Waals surface area contributed by atoms with Crippen LogP contribution in [0.4, 0.5) is 5.69 Å². The van der Waals surface area contributed by atoms with Crippen LogP contribution >= 0.6 is 23.1 Å². The summed E-state index contributed by atoms with van der Waals surface area (Å²) in [6, 6.07) is 24.4. The number of thiazole rings is 1. The summed E-state index contributed by atoms with van der Waals surface area (Å²) in [6.07, 6.45) is 4.85. The van der Waals surface area contributed by atoms with Crippen LogP contribution in [0, 0.1) is 0 Å². The van der Waals surface area contributed by atoms with E-state index in [1.165, 1.54) is 11.3 Å². The second-order valence-corrected chi connectivity index (χ2v) is 12.9. The lowest BCUT2D eigenvalue weighted by Gasteiger charge is -2.21. The van der Waals surface area contributed by atoms with E-state index in [2.05, 4.69) is 42.2 Å². The van der Waals surface area contributed by atoms with Crippen molar-refractivity contribution >= 4 is 76.7 Å². The monoisotopic (exact) mass is 575 g/mol. The smallest absolute Gasteiger partial charge is 0.326 e. The van der Waals surface area contributed by atoms with Gasteiger partial charge in [0.05, 0.1) is 22.7 Å². The molecule has 0 saturated carbocycles. The Morgan fingerprint density at radius 3 is 2.38 bits per heavy atom.